The molecule has 0 bridgehead atoms. The van der Waals surface area contributed by atoms with Gasteiger partial charge in [0.1, 0.15) is 5.75 Å². The molecule has 5 heteroatoms. The number of methoxy groups -OCH3 is 1. The third-order valence-corrected chi connectivity index (χ3v) is 3.41. The van der Waals surface area contributed by atoms with E-state index in [4.69, 9.17) is 9.57 Å². The van der Waals surface area contributed by atoms with Crippen LogP contribution in [0.25, 0.3) is 0 Å². The molecule has 1 aliphatic rings. The lowest BCUT2D eigenvalue weighted by Crippen LogP contribution is -2.28. The van der Waals surface area contributed by atoms with Crippen LogP contribution in [0.3, 0.4) is 0 Å². The van der Waals surface area contributed by atoms with Crippen molar-refractivity contribution in [2.24, 2.45) is 5.16 Å². The predicted molar refractivity (Wildman–Crippen MR) is 84.1 cm³/mol. The number of hydrogen-bond acceptors (Lipinski definition) is 4. The summed E-state index contributed by atoms with van der Waals surface area (Å²) in [6.45, 7) is 0. The minimum Gasteiger partial charge on any atom is -0.497 e. The highest BCUT2D eigenvalue weighted by molar-refractivity contribution is 6.06. The number of amides is 1. The quantitative estimate of drug-likeness (QED) is 0.943. The maximum Gasteiger partial charge on any atom is 0.268 e. The normalized spacial score (nSPS) is 16.6. The lowest BCUT2D eigenvalue weighted by molar-refractivity contribution is -0.125. The van der Waals surface area contributed by atoms with Gasteiger partial charge < -0.3 is 14.9 Å². The average Bonchev–Trinajstić information content (AvgIpc) is 3.06. The second-order valence-electron chi connectivity index (χ2n) is 4.92. The van der Waals surface area contributed by atoms with E-state index in [1.807, 2.05) is 42.5 Å². The van der Waals surface area contributed by atoms with E-state index in [0.717, 1.165) is 11.3 Å². The van der Waals surface area contributed by atoms with E-state index in [2.05, 4.69) is 10.5 Å². The van der Waals surface area contributed by atoms with Crippen molar-refractivity contribution < 1.29 is 14.4 Å². The minimum atomic E-state index is -0.610. The minimum absolute atomic E-state index is 0.220. The Morgan fingerprint density at radius 3 is 2.82 bits per heavy atom. The summed E-state index contributed by atoms with van der Waals surface area (Å²) >= 11 is 0. The van der Waals surface area contributed by atoms with Crippen LogP contribution in [0.15, 0.2) is 59.8 Å². The number of ether oxygens (including phenoxy) is 1. The molecule has 0 radical (unpaired) electrons. The molecular formula is C17H16N2O3. The van der Waals surface area contributed by atoms with Gasteiger partial charge in [-0.15, -0.1) is 0 Å². The summed E-state index contributed by atoms with van der Waals surface area (Å²) < 4.78 is 5.13. The molecule has 112 valence electrons. The SMILES string of the molecule is COc1cccc(NC(=O)[C@H]2CC(c3ccccc3)=NO2)c1. The number of oxime groups is 1. The van der Waals surface area contributed by atoms with Crippen LogP contribution in [0, 0.1) is 0 Å². The van der Waals surface area contributed by atoms with Crippen LogP contribution in [-0.2, 0) is 9.63 Å². The molecule has 1 heterocycles. The maximum absolute atomic E-state index is 12.2. The molecule has 3 rings (SSSR count). The van der Waals surface area contributed by atoms with Crippen molar-refractivity contribution in [3.63, 3.8) is 0 Å². The molecule has 5 nitrogen and oxygen atoms in total. The Bertz CT molecular complexity index is 698. The van der Waals surface area contributed by atoms with Crippen molar-refractivity contribution in [3.8, 4) is 5.75 Å². The molecule has 0 saturated carbocycles. The van der Waals surface area contributed by atoms with Crippen LogP contribution in [0.4, 0.5) is 5.69 Å². The summed E-state index contributed by atoms with van der Waals surface area (Å²) in [7, 11) is 1.58. The Kier molecular flexibility index (Phi) is 4.05. The van der Waals surface area contributed by atoms with Gasteiger partial charge in [0.15, 0.2) is 0 Å². The van der Waals surface area contributed by atoms with Gasteiger partial charge in [-0.2, -0.15) is 0 Å². The van der Waals surface area contributed by atoms with Gasteiger partial charge in [0.2, 0.25) is 6.10 Å². The monoisotopic (exact) mass is 296 g/mol. The van der Waals surface area contributed by atoms with Crippen LogP contribution in [-0.4, -0.2) is 24.8 Å². The molecule has 1 aliphatic heterocycles. The van der Waals surface area contributed by atoms with Gasteiger partial charge in [-0.25, -0.2) is 0 Å². The number of nitrogens with one attached hydrogen (secondary N) is 1. The highest BCUT2D eigenvalue weighted by atomic mass is 16.6. The van der Waals surface area contributed by atoms with Crippen LogP contribution in [0.1, 0.15) is 12.0 Å². The number of anilines is 1. The molecule has 2 aromatic rings. The number of nitrogens with zero attached hydrogens (tertiary/aromatic N) is 1. The zero-order chi connectivity index (χ0) is 15.4. The standard InChI is InChI=1S/C17H16N2O3/c1-21-14-9-5-8-13(10-14)18-17(20)16-11-15(19-22-16)12-6-3-2-4-7-12/h2-10,16H,11H2,1H3,(H,18,20)/t16-/m1/s1. The van der Waals surface area contributed by atoms with E-state index in [1.165, 1.54) is 0 Å². The molecule has 1 N–H and O–H groups in total. The lowest BCUT2D eigenvalue weighted by Gasteiger charge is -2.10. The third-order valence-electron chi connectivity index (χ3n) is 3.41. The molecule has 0 unspecified atom stereocenters. The van der Waals surface area contributed by atoms with Crippen LogP contribution >= 0.6 is 0 Å². The highest BCUT2D eigenvalue weighted by Gasteiger charge is 2.28. The van der Waals surface area contributed by atoms with E-state index in [9.17, 15) is 4.79 Å². The maximum atomic E-state index is 12.2. The predicted octanol–water partition coefficient (Wildman–Crippen LogP) is 2.83. The number of carbonyl (C=O) groups is 1. The molecule has 2 aromatic carbocycles. The fourth-order valence-corrected chi connectivity index (χ4v) is 2.24. The van der Waals surface area contributed by atoms with Crippen LogP contribution in [0.2, 0.25) is 0 Å². The van der Waals surface area contributed by atoms with Crippen molar-refractivity contribution in [1.82, 2.24) is 0 Å². The largest absolute Gasteiger partial charge is 0.497 e. The van der Waals surface area contributed by atoms with Crippen molar-refractivity contribution in [2.75, 3.05) is 12.4 Å². The molecule has 0 spiro atoms. The third kappa shape index (κ3) is 3.09. The summed E-state index contributed by atoms with van der Waals surface area (Å²) in [5.41, 5.74) is 2.42. The first-order chi connectivity index (χ1) is 10.8. The zero-order valence-electron chi connectivity index (χ0n) is 12.2. The second kappa shape index (κ2) is 6.30. The number of benzene rings is 2. The molecule has 0 aromatic heterocycles. The van der Waals surface area contributed by atoms with Gasteiger partial charge in [0.05, 0.1) is 12.8 Å². The molecule has 0 saturated heterocycles. The number of rotatable bonds is 4. The Morgan fingerprint density at radius 2 is 2.05 bits per heavy atom. The van der Waals surface area contributed by atoms with Gasteiger partial charge >= 0.3 is 0 Å². The van der Waals surface area contributed by atoms with Crippen LogP contribution in [0.5, 0.6) is 5.75 Å². The second-order valence-corrected chi connectivity index (χ2v) is 4.92. The van der Waals surface area contributed by atoms with E-state index in [1.54, 1.807) is 19.2 Å². The van der Waals surface area contributed by atoms with Gasteiger partial charge in [-0.3, -0.25) is 4.79 Å². The van der Waals surface area contributed by atoms with Crippen molar-refractivity contribution in [3.05, 3.63) is 60.2 Å². The first kappa shape index (κ1) is 14.1. The van der Waals surface area contributed by atoms with Crippen molar-refractivity contribution in [2.45, 2.75) is 12.5 Å². The summed E-state index contributed by atoms with van der Waals surface area (Å²) in [6, 6.07) is 16.9. The fraction of sp³-hybridized carbons (Fsp3) is 0.176. The lowest BCUT2D eigenvalue weighted by atomic mass is 10.0. The molecule has 1 atom stereocenters. The smallest absolute Gasteiger partial charge is 0.268 e. The van der Waals surface area contributed by atoms with Crippen molar-refractivity contribution in [1.29, 1.82) is 0 Å². The molecule has 1 amide bonds. The van der Waals surface area contributed by atoms with Crippen LogP contribution < -0.4 is 10.1 Å². The van der Waals surface area contributed by atoms with Gasteiger partial charge in [-0.1, -0.05) is 41.6 Å². The average molecular weight is 296 g/mol. The van der Waals surface area contributed by atoms with Crippen molar-refractivity contribution >= 4 is 17.3 Å². The van der Waals surface area contributed by atoms with Gasteiger partial charge in [0, 0.05) is 18.2 Å². The highest BCUT2D eigenvalue weighted by Crippen LogP contribution is 2.20. The Labute approximate surface area is 128 Å². The number of carbonyl (C=O) groups excluding carboxylic acids is 1. The first-order valence-corrected chi connectivity index (χ1v) is 6.99. The summed E-state index contributed by atoms with van der Waals surface area (Å²) in [4.78, 5) is 17.5. The van der Waals surface area contributed by atoms with E-state index >= 15 is 0 Å². The molecule has 22 heavy (non-hydrogen) atoms. The van der Waals surface area contributed by atoms with Gasteiger partial charge in [0.25, 0.3) is 5.91 Å². The Balaban J connectivity index is 1.63. The van der Waals surface area contributed by atoms with Gasteiger partial charge in [-0.05, 0) is 17.7 Å². The molecule has 0 fully saturated rings. The number of hydrogen-bond donors (Lipinski definition) is 1. The van der Waals surface area contributed by atoms with E-state index in [-0.39, 0.29) is 5.91 Å². The fourth-order valence-electron chi connectivity index (χ4n) is 2.24. The Hall–Kier alpha value is -2.82. The molecular weight excluding hydrogens is 280 g/mol. The molecule has 0 aliphatic carbocycles. The first-order valence-electron chi connectivity index (χ1n) is 6.99. The van der Waals surface area contributed by atoms with E-state index < -0.39 is 6.10 Å². The summed E-state index contributed by atoms with van der Waals surface area (Å²) in [5.74, 6) is 0.467. The Morgan fingerprint density at radius 1 is 1.23 bits per heavy atom. The zero-order valence-corrected chi connectivity index (χ0v) is 12.2. The topological polar surface area (TPSA) is 59.9 Å². The summed E-state index contributed by atoms with van der Waals surface area (Å²) in [6.07, 6.45) is -0.152. The van der Waals surface area contributed by atoms with E-state index in [0.29, 0.717) is 17.9 Å². The summed E-state index contributed by atoms with van der Waals surface area (Å²) in [5, 5.41) is 6.83.